The van der Waals surface area contributed by atoms with Crippen LogP contribution >= 0.6 is 0 Å². The van der Waals surface area contributed by atoms with Crippen molar-refractivity contribution in [3.05, 3.63) is 54.4 Å². The Morgan fingerprint density at radius 1 is 1.09 bits per heavy atom. The largest absolute Gasteiger partial charge is 0.497 e. The molecule has 23 heavy (non-hydrogen) atoms. The molecule has 122 valence electrons. The highest BCUT2D eigenvalue weighted by atomic mass is 16.5. The van der Waals surface area contributed by atoms with E-state index in [-0.39, 0.29) is 0 Å². The Bertz CT molecular complexity index is 579. The summed E-state index contributed by atoms with van der Waals surface area (Å²) in [6.45, 7) is 5.43. The van der Waals surface area contributed by atoms with Gasteiger partial charge in [-0.25, -0.2) is 0 Å². The molecule has 0 aliphatic carbocycles. The second-order valence-electron chi connectivity index (χ2n) is 5.99. The first-order valence-corrected chi connectivity index (χ1v) is 8.36. The smallest absolute Gasteiger partial charge is 0.119 e. The highest BCUT2D eigenvalue weighted by molar-refractivity contribution is 5.49. The third kappa shape index (κ3) is 4.45. The highest BCUT2D eigenvalue weighted by Gasteiger charge is 2.14. The maximum atomic E-state index is 5.27. The fraction of sp³-hybridized carbons (Fsp3) is 0.421. The molecule has 3 rings (SSSR count). The summed E-state index contributed by atoms with van der Waals surface area (Å²) in [5.41, 5.74) is 2.32. The number of ether oxygens (including phenoxy) is 1. The lowest BCUT2D eigenvalue weighted by molar-refractivity contribution is 0.344. The second kappa shape index (κ2) is 7.97. The Morgan fingerprint density at radius 2 is 1.87 bits per heavy atom. The van der Waals surface area contributed by atoms with Crippen molar-refractivity contribution in [1.82, 2.24) is 9.88 Å². The van der Waals surface area contributed by atoms with Crippen LogP contribution < -0.4 is 9.64 Å². The maximum Gasteiger partial charge on any atom is 0.119 e. The van der Waals surface area contributed by atoms with E-state index in [0.717, 1.165) is 31.1 Å². The van der Waals surface area contributed by atoms with Crippen molar-refractivity contribution in [1.29, 1.82) is 0 Å². The SMILES string of the molecule is COc1ccc(N(CCN2CCCC2)Cc2ccccn2)cc1. The Balaban J connectivity index is 1.70. The van der Waals surface area contributed by atoms with Crippen molar-refractivity contribution in [2.24, 2.45) is 0 Å². The van der Waals surface area contributed by atoms with Crippen molar-refractivity contribution < 1.29 is 4.74 Å². The number of likely N-dealkylation sites (tertiary alicyclic amines) is 1. The van der Waals surface area contributed by atoms with Crippen LogP contribution in [0.15, 0.2) is 48.7 Å². The fourth-order valence-corrected chi connectivity index (χ4v) is 3.05. The van der Waals surface area contributed by atoms with Crippen molar-refractivity contribution in [3.63, 3.8) is 0 Å². The molecule has 0 unspecified atom stereocenters. The van der Waals surface area contributed by atoms with Gasteiger partial charge < -0.3 is 14.5 Å². The first kappa shape index (κ1) is 15.8. The number of pyridine rings is 1. The molecule has 4 nitrogen and oxygen atoms in total. The molecule has 0 N–H and O–H groups in total. The summed E-state index contributed by atoms with van der Waals surface area (Å²) in [5.74, 6) is 0.895. The number of aromatic nitrogens is 1. The third-order valence-electron chi connectivity index (χ3n) is 4.40. The van der Waals surface area contributed by atoms with Gasteiger partial charge in [0.15, 0.2) is 0 Å². The predicted molar refractivity (Wildman–Crippen MR) is 94.0 cm³/mol. The number of hydrogen-bond acceptors (Lipinski definition) is 4. The van der Waals surface area contributed by atoms with E-state index in [1.165, 1.54) is 31.6 Å². The molecule has 0 radical (unpaired) electrons. The summed E-state index contributed by atoms with van der Waals surface area (Å²) < 4.78 is 5.27. The molecule has 1 aliphatic heterocycles. The van der Waals surface area contributed by atoms with Gasteiger partial charge in [-0.2, -0.15) is 0 Å². The van der Waals surface area contributed by atoms with Gasteiger partial charge in [-0.15, -0.1) is 0 Å². The molecule has 0 saturated carbocycles. The number of methoxy groups -OCH3 is 1. The zero-order chi connectivity index (χ0) is 15.9. The number of benzene rings is 1. The predicted octanol–water partition coefficient (Wildman–Crippen LogP) is 3.19. The summed E-state index contributed by atoms with van der Waals surface area (Å²) in [5, 5.41) is 0. The van der Waals surface area contributed by atoms with E-state index in [9.17, 15) is 0 Å². The van der Waals surface area contributed by atoms with E-state index < -0.39 is 0 Å². The van der Waals surface area contributed by atoms with E-state index in [2.05, 4.69) is 39.0 Å². The average molecular weight is 311 g/mol. The van der Waals surface area contributed by atoms with Gasteiger partial charge in [-0.1, -0.05) is 6.07 Å². The molecule has 0 atom stereocenters. The van der Waals surface area contributed by atoms with Crippen molar-refractivity contribution in [2.45, 2.75) is 19.4 Å². The van der Waals surface area contributed by atoms with E-state index in [0.29, 0.717) is 0 Å². The maximum absolute atomic E-state index is 5.27. The van der Waals surface area contributed by atoms with Crippen LogP contribution in [0.1, 0.15) is 18.5 Å². The number of anilines is 1. The molecule has 0 amide bonds. The third-order valence-corrected chi connectivity index (χ3v) is 4.40. The summed E-state index contributed by atoms with van der Waals surface area (Å²) in [6.07, 6.45) is 4.54. The van der Waals surface area contributed by atoms with E-state index in [1.54, 1.807) is 7.11 Å². The van der Waals surface area contributed by atoms with Crippen LogP contribution in [-0.4, -0.2) is 43.2 Å². The van der Waals surface area contributed by atoms with Crippen LogP contribution in [0.4, 0.5) is 5.69 Å². The quantitative estimate of drug-likeness (QED) is 0.785. The Labute approximate surface area is 138 Å². The number of nitrogens with zero attached hydrogens (tertiary/aromatic N) is 3. The summed E-state index contributed by atoms with van der Waals surface area (Å²) in [7, 11) is 1.70. The van der Waals surface area contributed by atoms with E-state index in [1.807, 2.05) is 24.4 Å². The summed E-state index contributed by atoms with van der Waals surface area (Å²) in [4.78, 5) is 9.43. The van der Waals surface area contributed by atoms with Gasteiger partial charge >= 0.3 is 0 Å². The topological polar surface area (TPSA) is 28.6 Å². The molecule has 4 heteroatoms. The van der Waals surface area contributed by atoms with Crippen LogP contribution in [0.3, 0.4) is 0 Å². The second-order valence-corrected chi connectivity index (χ2v) is 5.99. The first-order chi connectivity index (χ1) is 11.3. The normalized spacial score (nSPS) is 14.8. The minimum Gasteiger partial charge on any atom is -0.497 e. The van der Waals surface area contributed by atoms with Gasteiger partial charge in [0.05, 0.1) is 19.3 Å². The standard InChI is InChI=1S/C19H25N3O/c1-23-19-9-7-18(8-10-19)22(15-14-21-12-4-5-13-21)16-17-6-2-3-11-20-17/h2-3,6-11H,4-5,12-16H2,1H3. The lowest BCUT2D eigenvalue weighted by atomic mass is 10.2. The Kier molecular flexibility index (Phi) is 5.48. The lowest BCUT2D eigenvalue weighted by Gasteiger charge is -2.27. The molecule has 1 saturated heterocycles. The Hall–Kier alpha value is -2.07. The zero-order valence-corrected chi connectivity index (χ0v) is 13.8. The molecule has 1 aliphatic rings. The van der Waals surface area contributed by atoms with Gasteiger partial charge in [-0.3, -0.25) is 4.98 Å². The molecular formula is C19H25N3O. The van der Waals surface area contributed by atoms with E-state index in [4.69, 9.17) is 4.74 Å². The van der Waals surface area contributed by atoms with Crippen LogP contribution in [0.25, 0.3) is 0 Å². The number of hydrogen-bond donors (Lipinski definition) is 0. The van der Waals surface area contributed by atoms with Gasteiger partial charge in [-0.05, 0) is 62.3 Å². The van der Waals surface area contributed by atoms with Gasteiger partial charge in [0.2, 0.25) is 0 Å². The Morgan fingerprint density at radius 3 is 2.52 bits per heavy atom. The van der Waals surface area contributed by atoms with E-state index >= 15 is 0 Å². The molecule has 1 fully saturated rings. The fourth-order valence-electron chi connectivity index (χ4n) is 3.05. The molecule has 1 aromatic carbocycles. The molecule has 0 bridgehead atoms. The molecule has 2 heterocycles. The van der Waals surface area contributed by atoms with Crippen molar-refractivity contribution >= 4 is 5.69 Å². The van der Waals surface area contributed by atoms with Crippen molar-refractivity contribution in [3.8, 4) is 5.75 Å². The van der Waals surface area contributed by atoms with Crippen LogP contribution in [0.2, 0.25) is 0 Å². The summed E-state index contributed by atoms with van der Waals surface area (Å²) in [6, 6.07) is 14.4. The highest BCUT2D eigenvalue weighted by Crippen LogP contribution is 2.21. The molecule has 0 spiro atoms. The van der Waals surface area contributed by atoms with Gasteiger partial charge in [0.1, 0.15) is 5.75 Å². The van der Waals surface area contributed by atoms with Crippen LogP contribution in [0.5, 0.6) is 5.75 Å². The average Bonchev–Trinajstić information content (AvgIpc) is 3.13. The monoisotopic (exact) mass is 311 g/mol. The van der Waals surface area contributed by atoms with Crippen LogP contribution in [0, 0.1) is 0 Å². The summed E-state index contributed by atoms with van der Waals surface area (Å²) >= 11 is 0. The zero-order valence-electron chi connectivity index (χ0n) is 13.8. The molecule has 1 aromatic heterocycles. The lowest BCUT2D eigenvalue weighted by Crippen LogP contribution is -2.33. The van der Waals surface area contributed by atoms with Gasteiger partial charge in [0, 0.05) is 25.0 Å². The first-order valence-electron chi connectivity index (χ1n) is 8.36. The molecule has 2 aromatic rings. The van der Waals surface area contributed by atoms with Crippen molar-refractivity contribution in [2.75, 3.05) is 38.2 Å². The minimum absolute atomic E-state index is 0.834. The minimum atomic E-state index is 0.834. The molecular weight excluding hydrogens is 286 g/mol. The van der Waals surface area contributed by atoms with Crippen LogP contribution in [-0.2, 0) is 6.54 Å². The van der Waals surface area contributed by atoms with Gasteiger partial charge in [0.25, 0.3) is 0 Å². The number of rotatable bonds is 7.